The minimum Gasteiger partial charge on any atom is -0.326 e. The molecule has 134 valence electrons. The highest BCUT2D eigenvalue weighted by Gasteiger charge is 2.44. The molecule has 0 spiro atoms. The highest BCUT2D eigenvalue weighted by Crippen LogP contribution is 2.47. The number of carbonyl (C=O) groups excluding carboxylic acids is 1. The molecular weight excluding hydrogens is 338 g/mol. The second-order valence-corrected chi connectivity index (χ2v) is 9.12. The average molecular weight is 361 g/mol. The van der Waals surface area contributed by atoms with Crippen LogP contribution in [0.1, 0.15) is 38.2 Å². The van der Waals surface area contributed by atoms with Crippen molar-refractivity contribution >= 4 is 21.6 Å². The molecular formula is C18H23N3O3S. The minimum absolute atomic E-state index is 0.0590. The summed E-state index contributed by atoms with van der Waals surface area (Å²) in [4.78, 5) is 12.5. The van der Waals surface area contributed by atoms with Gasteiger partial charge in [0.25, 0.3) is 0 Å². The van der Waals surface area contributed by atoms with Crippen LogP contribution in [0.2, 0.25) is 0 Å². The Balaban J connectivity index is 1.63. The van der Waals surface area contributed by atoms with E-state index >= 15 is 0 Å². The van der Waals surface area contributed by atoms with E-state index in [2.05, 4.69) is 11.4 Å². The lowest BCUT2D eigenvalue weighted by Crippen LogP contribution is -2.44. The Kier molecular flexibility index (Phi) is 4.85. The maximum absolute atomic E-state index is 12.5. The number of hydrogen-bond acceptors (Lipinski definition) is 4. The lowest BCUT2D eigenvalue weighted by molar-refractivity contribution is -0.120. The van der Waals surface area contributed by atoms with E-state index in [4.69, 9.17) is 0 Å². The minimum atomic E-state index is -3.26. The quantitative estimate of drug-likeness (QED) is 0.871. The average Bonchev–Trinajstić information content (AvgIpc) is 3.43. The Labute approximate surface area is 148 Å². The standard InChI is InChI=1S/C18H23N3O3S/c1-2-25(23,24)21-11-3-4-14(12-21)17(22)20-16-7-5-15(6-8-16)18(13-19)9-10-18/h5-8,14H,2-4,9-12H2,1H3,(H,20,22). The van der Waals surface area contributed by atoms with Gasteiger partial charge >= 0.3 is 0 Å². The van der Waals surface area contributed by atoms with E-state index in [9.17, 15) is 18.5 Å². The highest BCUT2D eigenvalue weighted by atomic mass is 32.2. The number of rotatable bonds is 5. The van der Waals surface area contributed by atoms with Gasteiger partial charge in [0.05, 0.1) is 23.2 Å². The number of piperidine rings is 1. The number of nitriles is 1. The number of hydrogen-bond donors (Lipinski definition) is 1. The van der Waals surface area contributed by atoms with Gasteiger partial charge in [0.15, 0.2) is 0 Å². The van der Waals surface area contributed by atoms with Crippen LogP contribution in [0.3, 0.4) is 0 Å². The number of carbonyl (C=O) groups is 1. The first-order valence-electron chi connectivity index (χ1n) is 8.71. The summed E-state index contributed by atoms with van der Waals surface area (Å²) in [7, 11) is -3.26. The van der Waals surface area contributed by atoms with Crippen LogP contribution in [-0.2, 0) is 20.2 Å². The molecule has 1 saturated heterocycles. The Bertz CT molecular complexity index is 792. The molecule has 1 heterocycles. The molecule has 1 aliphatic carbocycles. The van der Waals surface area contributed by atoms with Crippen LogP contribution >= 0.6 is 0 Å². The molecule has 1 aliphatic heterocycles. The molecule has 0 bridgehead atoms. The summed E-state index contributed by atoms with van der Waals surface area (Å²) in [6.45, 7) is 2.36. The maximum atomic E-state index is 12.5. The molecule has 1 unspecified atom stereocenters. The molecule has 1 atom stereocenters. The Hall–Kier alpha value is -1.91. The van der Waals surface area contributed by atoms with Crippen LogP contribution in [0.5, 0.6) is 0 Å². The Morgan fingerprint density at radius 3 is 2.60 bits per heavy atom. The van der Waals surface area contributed by atoms with Crippen molar-refractivity contribution in [3.05, 3.63) is 29.8 Å². The fraction of sp³-hybridized carbons (Fsp3) is 0.556. The third kappa shape index (κ3) is 3.70. The van der Waals surface area contributed by atoms with Gasteiger partial charge in [0.2, 0.25) is 15.9 Å². The van der Waals surface area contributed by atoms with Crippen molar-refractivity contribution < 1.29 is 13.2 Å². The van der Waals surface area contributed by atoms with E-state index in [0.29, 0.717) is 25.1 Å². The number of amides is 1. The van der Waals surface area contributed by atoms with Crippen molar-refractivity contribution in [3.63, 3.8) is 0 Å². The van der Waals surface area contributed by atoms with E-state index in [1.807, 2.05) is 24.3 Å². The van der Waals surface area contributed by atoms with Gasteiger partial charge in [0.1, 0.15) is 0 Å². The number of nitrogens with zero attached hydrogens (tertiary/aromatic N) is 2. The van der Waals surface area contributed by atoms with Crippen LogP contribution in [0.15, 0.2) is 24.3 Å². The van der Waals surface area contributed by atoms with Crippen molar-refractivity contribution in [2.24, 2.45) is 5.92 Å². The monoisotopic (exact) mass is 361 g/mol. The largest absolute Gasteiger partial charge is 0.326 e. The summed E-state index contributed by atoms with van der Waals surface area (Å²) in [5, 5.41) is 12.1. The third-order valence-electron chi connectivity index (χ3n) is 5.18. The van der Waals surface area contributed by atoms with Crippen LogP contribution in [0.25, 0.3) is 0 Å². The number of sulfonamides is 1. The first kappa shape index (κ1) is 17.9. The normalized spacial score (nSPS) is 22.8. The van der Waals surface area contributed by atoms with E-state index in [0.717, 1.165) is 18.4 Å². The van der Waals surface area contributed by atoms with Gasteiger partial charge in [-0.3, -0.25) is 4.79 Å². The zero-order chi connectivity index (χ0) is 18.1. The Morgan fingerprint density at radius 1 is 1.36 bits per heavy atom. The SMILES string of the molecule is CCS(=O)(=O)N1CCCC(C(=O)Nc2ccc(C3(C#N)CC3)cc2)C1. The third-order valence-corrected chi connectivity index (χ3v) is 7.03. The van der Waals surface area contributed by atoms with Crippen molar-refractivity contribution in [2.45, 2.75) is 38.0 Å². The predicted octanol–water partition coefficient (Wildman–Crippen LogP) is 2.24. The summed E-state index contributed by atoms with van der Waals surface area (Å²) in [6.07, 6.45) is 3.16. The molecule has 1 N–H and O–H groups in total. The van der Waals surface area contributed by atoms with E-state index < -0.39 is 10.0 Å². The maximum Gasteiger partial charge on any atom is 0.228 e. The van der Waals surface area contributed by atoms with Gasteiger partial charge in [-0.25, -0.2) is 12.7 Å². The van der Waals surface area contributed by atoms with Gasteiger partial charge < -0.3 is 5.32 Å². The van der Waals surface area contributed by atoms with Gasteiger partial charge in [0, 0.05) is 18.8 Å². The van der Waals surface area contributed by atoms with Gasteiger partial charge in [-0.1, -0.05) is 12.1 Å². The predicted molar refractivity (Wildman–Crippen MR) is 95.4 cm³/mol. The summed E-state index contributed by atoms with van der Waals surface area (Å²) in [6, 6.07) is 9.76. The molecule has 1 amide bonds. The molecule has 25 heavy (non-hydrogen) atoms. The topological polar surface area (TPSA) is 90.3 Å². The van der Waals surface area contributed by atoms with Crippen LogP contribution in [-0.4, -0.2) is 37.5 Å². The molecule has 7 heteroatoms. The first-order valence-corrected chi connectivity index (χ1v) is 10.3. The Morgan fingerprint density at radius 2 is 2.04 bits per heavy atom. The molecule has 1 saturated carbocycles. The fourth-order valence-corrected chi connectivity index (χ4v) is 4.48. The van der Waals surface area contributed by atoms with Crippen molar-refractivity contribution in [2.75, 3.05) is 24.2 Å². The molecule has 2 aliphatic rings. The number of benzene rings is 1. The molecule has 1 aromatic carbocycles. The second kappa shape index (κ2) is 6.77. The fourth-order valence-electron chi connectivity index (χ4n) is 3.30. The van der Waals surface area contributed by atoms with Crippen molar-refractivity contribution in [1.82, 2.24) is 4.31 Å². The molecule has 0 aromatic heterocycles. The van der Waals surface area contributed by atoms with E-state index in [1.165, 1.54) is 4.31 Å². The molecule has 1 aromatic rings. The lowest BCUT2D eigenvalue weighted by Gasteiger charge is -2.30. The van der Waals surface area contributed by atoms with Gasteiger partial charge in [-0.2, -0.15) is 5.26 Å². The smallest absolute Gasteiger partial charge is 0.228 e. The van der Waals surface area contributed by atoms with Crippen LogP contribution in [0, 0.1) is 17.2 Å². The van der Waals surface area contributed by atoms with Crippen LogP contribution < -0.4 is 5.32 Å². The molecule has 2 fully saturated rings. The number of nitrogens with one attached hydrogen (secondary N) is 1. The van der Waals surface area contributed by atoms with Gasteiger partial charge in [-0.15, -0.1) is 0 Å². The second-order valence-electron chi connectivity index (χ2n) is 6.86. The lowest BCUT2D eigenvalue weighted by atomic mass is 9.97. The van der Waals surface area contributed by atoms with Crippen molar-refractivity contribution in [3.8, 4) is 6.07 Å². The van der Waals surface area contributed by atoms with E-state index in [1.54, 1.807) is 6.92 Å². The summed E-state index contributed by atoms with van der Waals surface area (Å²) >= 11 is 0. The molecule has 6 nitrogen and oxygen atoms in total. The summed E-state index contributed by atoms with van der Waals surface area (Å²) in [5.41, 5.74) is 1.34. The highest BCUT2D eigenvalue weighted by molar-refractivity contribution is 7.89. The van der Waals surface area contributed by atoms with E-state index in [-0.39, 0.29) is 29.5 Å². The van der Waals surface area contributed by atoms with Crippen LogP contribution in [0.4, 0.5) is 5.69 Å². The molecule has 3 rings (SSSR count). The number of anilines is 1. The zero-order valence-corrected chi connectivity index (χ0v) is 15.2. The summed E-state index contributed by atoms with van der Waals surface area (Å²) < 4.78 is 25.5. The van der Waals surface area contributed by atoms with Crippen molar-refractivity contribution in [1.29, 1.82) is 5.26 Å². The summed E-state index contributed by atoms with van der Waals surface area (Å²) in [5.74, 6) is -0.419. The first-order chi connectivity index (χ1) is 11.9. The van der Waals surface area contributed by atoms with Gasteiger partial charge in [-0.05, 0) is 50.3 Å². The molecule has 0 radical (unpaired) electrons. The zero-order valence-electron chi connectivity index (χ0n) is 14.4.